The van der Waals surface area contributed by atoms with Crippen LogP contribution in [0.4, 0.5) is 6.01 Å². The van der Waals surface area contributed by atoms with Crippen molar-refractivity contribution >= 4 is 6.01 Å². The summed E-state index contributed by atoms with van der Waals surface area (Å²) in [4.78, 5) is 0. The molecule has 0 radical (unpaired) electrons. The Morgan fingerprint density at radius 1 is 1.00 bits per heavy atom. The van der Waals surface area contributed by atoms with E-state index in [-0.39, 0.29) is 6.01 Å². The summed E-state index contributed by atoms with van der Waals surface area (Å²) in [5.74, 6) is 1.18. The Bertz CT molecular complexity index is 718. The summed E-state index contributed by atoms with van der Waals surface area (Å²) in [6.45, 7) is 2.60. The van der Waals surface area contributed by atoms with Crippen LogP contribution >= 0.6 is 0 Å². The number of nitrogens with two attached hydrogens (primary N) is 1. The molecule has 0 aliphatic carbocycles. The first kappa shape index (κ1) is 13.2. The number of rotatable bonds is 4. The zero-order chi connectivity index (χ0) is 14.7. The van der Waals surface area contributed by atoms with E-state index >= 15 is 0 Å². The van der Waals surface area contributed by atoms with Gasteiger partial charge in [-0.05, 0) is 36.8 Å². The lowest BCUT2D eigenvalue weighted by atomic mass is 10.2. The van der Waals surface area contributed by atoms with Crippen molar-refractivity contribution in [1.82, 2.24) is 10.2 Å². The number of anilines is 1. The van der Waals surface area contributed by atoms with Crippen molar-refractivity contribution in [3.8, 4) is 17.2 Å². The summed E-state index contributed by atoms with van der Waals surface area (Å²) in [6.07, 6.45) is 0. The van der Waals surface area contributed by atoms with Gasteiger partial charge in [-0.3, -0.25) is 0 Å². The van der Waals surface area contributed by atoms with Crippen molar-refractivity contribution in [3.05, 3.63) is 59.7 Å². The average Bonchev–Trinajstić information content (AvgIpc) is 2.94. The maximum absolute atomic E-state index is 5.74. The molecule has 3 aromatic rings. The average molecular weight is 281 g/mol. The molecule has 5 nitrogen and oxygen atoms in total. The molecule has 0 amide bonds. The van der Waals surface area contributed by atoms with Gasteiger partial charge in [0.15, 0.2) is 0 Å². The fraction of sp³-hybridized carbons (Fsp3) is 0.125. The molecule has 0 unspecified atom stereocenters. The normalized spacial score (nSPS) is 10.5. The number of aromatic nitrogens is 2. The Labute approximate surface area is 122 Å². The molecule has 0 fully saturated rings. The van der Waals surface area contributed by atoms with Gasteiger partial charge in [-0.1, -0.05) is 34.9 Å². The third kappa shape index (κ3) is 3.20. The predicted molar refractivity (Wildman–Crippen MR) is 79.7 cm³/mol. The molecule has 5 heteroatoms. The highest BCUT2D eigenvalue weighted by Gasteiger charge is 2.06. The van der Waals surface area contributed by atoms with Crippen LogP contribution in [0.15, 0.2) is 52.9 Å². The Kier molecular flexibility index (Phi) is 3.55. The van der Waals surface area contributed by atoms with Gasteiger partial charge in [0.05, 0.1) is 0 Å². The topological polar surface area (TPSA) is 74.2 Å². The first-order chi connectivity index (χ1) is 10.2. The number of hydrogen-bond donors (Lipinski definition) is 1. The van der Waals surface area contributed by atoms with Crippen molar-refractivity contribution in [2.75, 3.05) is 5.73 Å². The molecule has 0 aliphatic rings. The Hall–Kier alpha value is -2.82. The summed E-state index contributed by atoms with van der Waals surface area (Å²) >= 11 is 0. The van der Waals surface area contributed by atoms with Crippen molar-refractivity contribution in [2.24, 2.45) is 0 Å². The lowest BCUT2D eigenvalue weighted by Crippen LogP contribution is -1.95. The second-order valence-corrected chi connectivity index (χ2v) is 4.74. The second kappa shape index (κ2) is 5.66. The largest absolute Gasteiger partial charge is 0.489 e. The molecule has 0 spiro atoms. The minimum Gasteiger partial charge on any atom is -0.489 e. The van der Waals surface area contributed by atoms with Gasteiger partial charge in [-0.25, -0.2) is 0 Å². The lowest BCUT2D eigenvalue weighted by Gasteiger charge is -2.06. The Balaban J connectivity index is 1.65. The van der Waals surface area contributed by atoms with E-state index in [1.165, 1.54) is 5.56 Å². The molecule has 3 rings (SSSR count). The zero-order valence-corrected chi connectivity index (χ0v) is 11.6. The van der Waals surface area contributed by atoms with Crippen molar-refractivity contribution < 1.29 is 9.15 Å². The number of nitrogen functional groups attached to an aromatic ring is 1. The molecule has 2 aromatic carbocycles. The van der Waals surface area contributed by atoms with Crippen molar-refractivity contribution in [2.45, 2.75) is 13.5 Å². The number of nitrogens with zero attached hydrogens (tertiary/aromatic N) is 2. The smallest absolute Gasteiger partial charge is 0.313 e. The quantitative estimate of drug-likeness (QED) is 0.794. The molecular formula is C16H15N3O2. The van der Waals surface area contributed by atoms with Crippen LogP contribution < -0.4 is 10.5 Å². The number of hydrogen-bond acceptors (Lipinski definition) is 5. The van der Waals surface area contributed by atoms with Gasteiger partial charge in [-0.15, -0.1) is 5.10 Å². The summed E-state index contributed by atoms with van der Waals surface area (Å²) in [7, 11) is 0. The third-order valence-electron chi connectivity index (χ3n) is 3.07. The van der Waals surface area contributed by atoms with E-state index in [4.69, 9.17) is 14.9 Å². The molecular weight excluding hydrogens is 266 g/mol. The van der Waals surface area contributed by atoms with Gasteiger partial charge < -0.3 is 14.9 Å². The first-order valence-corrected chi connectivity index (χ1v) is 6.58. The number of aryl methyl sites for hydroxylation is 1. The van der Waals surface area contributed by atoms with E-state index in [2.05, 4.69) is 41.4 Å². The summed E-state index contributed by atoms with van der Waals surface area (Å²) in [6, 6.07) is 15.8. The van der Waals surface area contributed by atoms with Crippen LogP contribution in [-0.4, -0.2) is 10.2 Å². The molecule has 0 bridgehead atoms. The molecule has 0 atom stereocenters. The number of benzene rings is 2. The minimum atomic E-state index is 0.0599. The zero-order valence-electron chi connectivity index (χ0n) is 11.6. The highest BCUT2D eigenvalue weighted by Crippen LogP contribution is 2.22. The van der Waals surface area contributed by atoms with E-state index in [1.54, 1.807) is 0 Å². The van der Waals surface area contributed by atoms with Gasteiger partial charge >= 0.3 is 6.01 Å². The lowest BCUT2D eigenvalue weighted by molar-refractivity contribution is 0.306. The molecule has 0 aliphatic heterocycles. The van der Waals surface area contributed by atoms with E-state index < -0.39 is 0 Å². The molecule has 1 aromatic heterocycles. The van der Waals surface area contributed by atoms with Crippen LogP contribution in [0.1, 0.15) is 11.1 Å². The fourth-order valence-electron chi connectivity index (χ4n) is 1.90. The van der Waals surface area contributed by atoms with Crippen LogP contribution in [0.25, 0.3) is 11.5 Å². The first-order valence-electron chi connectivity index (χ1n) is 6.58. The van der Waals surface area contributed by atoms with Crippen molar-refractivity contribution in [1.29, 1.82) is 0 Å². The van der Waals surface area contributed by atoms with Crippen LogP contribution in [-0.2, 0) is 6.61 Å². The van der Waals surface area contributed by atoms with Gasteiger partial charge in [0.25, 0.3) is 0 Å². The maximum Gasteiger partial charge on any atom is 0.313 e. The van der Waals surface area contributed by atoms with Crippen molar-refractivity contribution in [3.63, 3.8) is 0 Å². The van der Waals surface area contributed by atoms with Gasteiger partial charge in [0.1, 0.15) is 12.4 Å². The van der Waals surface area contributed by atoms with Crippen LogP contribution in [0.5, 0.6) is 5.75 Å². The van der Waals surface area contributed by atoms with E-state index in [1.807, 2.05) is 24.3 Å². The van der Waals surface area contributed by atoms with Gasteiger partial charge in [-0.2, -0.15) is 0 Å². The molecule has 106 valence electrons. The summed E-state index contributed by atoms with van der Waals surface area (Å²) < 4.78 is 10.9. The molecule has 21 heavy (non-hydrogen) atoms. The van der Waals surface area contributed by atoms with E-state index in [9.17, 15) is 0 Å². The van der Waals surface area contributed by atoms with Gasteiger partial charge in [0.2, 0.25) is 5.89 Å². The minimum absolute atomic E-state index is 0.0599. The maximum atomic E-state index is 5.74. The molecule has 0 saturated carbocycles. The van der Waals surface area contributed by atoms with E-state index in [0.717, 1.165) is 16.9 Å². The third-order valence-corrected chi connectivity index (χ3v) is 3.07. The predicted octanol–water partition coefficient (Wildman–Crippen LogP) is 3.21. The fourth-order valence-corrected chi connectivity index (χ4v) is 1.90. The monoisotopic (exact) mass is 281 g/mol. The highest BCUT2D eigenvalue weighted by molar-refractivity contribution is 5.54. The highest BCUT2D eigenvalue weighted by atomic mass is 16.5. The van der Waals surface area contributed by atoms with E-state index in [0.29, 0.717) is 12.5 Å². The van der Waals surface area contributed by atoms with Crippen LogP contribution in [0.3, 0.4) is 0 Å². The molecule has 2 N–H and O–H groups in total. The molecule has 0 saturated heterocycles. The standard InChI is InChI=1S/C16H15N3O2/c1-11-2-4-12(5-3-11)10-20-14-8-6-13(7-9-14)15-18-19-16(17)21-15/h2-9H,10H2,1H3,(H2,17,19). The summed E-state index contributed by atoms with van der Waals surface area (Å²) in [5, 5.41) is 7.46. The Morgan fingerprint density at radius 3 is 2.33 bits per heavy atom. The summed E-state index contributed by atoms with van der Waals surface area (Å²) in [5.41, 5.74) is 8.58. The molecule has 1 heterocycles. The van der Waals surface area contributed by atoms with Crippen LogP contribution in [0.2, 0.25) is 0 Å². The van der Waals surface area contributed by atoms with Crippen LogP contribution in [0, 0.1) is 6.92 Å². The van der Waals surface area contributed by atoms with Gasteiger partial charge in [0, 0.05) is 5.56 Å². The number of ether oxygens (including phenoxy) is 1. The Morgan fingerprint density at radius 2 is 1.71 bits per heavy atom. The SMILES string of the molecule is Cc1ccc(COc2ccc(-c3nnc(N)o3)cc2)cc1. The second-order valence-electron chi connectivity index (χ2n) is 4.74.